The minimum atomic E-state index is -0.821. The molecule has 0 bridgehead atoms. The monoisotopic (exact) mass is 304 g/mol. The zero-order valence-electron chi connectivity index (χ0n) is 12.2. The summed E-state index contributed by atoms with van der Waals surface area (Å²) in [5.41, 5.74) is 0.961. The van der Waals surface area contributed by atoms with Crippen molar-refractivity contribution in [3.8, 4) is 0 Å². The number of aromatic nitrogens is 1. The standard InChI is InChI=1S/C15H20N4O3/c20-14(18-7-10-2-1-4-16-6-10)17-5-3-11-12-8-19(15(21)22)9-13(11)12/h1-2,4,6,11-13H,3,5,7-9H2,(H,21,22)(H2,17,18,20). The smallest absolute Gasteiger partial charge is 0.407 e. The maximum Gasteiger partial charge on any atom is 0.407 e. The summed E-state index contributed by atoms with van der Waals surface area (Å²) in [6.45, 7) is 2.39. The summed E-state index contributed by atoms with van der Waals surface area (Å²) in [7, 11) is 0. The molecule has 2 unspecified atom stereocenters. The summed E-state index contributed by atoms with van der Waals surface area (Å²) in [5.74, 6) is 1.56. The van der Waals surface area contributed by atoms with Gasteiger partial charge in [-0.3, -0.25) is 4.98 Å². The molecule has 3 rings (SSSR count). The van der Waals surface area contributed by atoms with Gasteiger partial charge < -0.3 is 20.6 Å². The lowest BCUT2D eigenvalue weighted by Crippen LogP contribution is -2.36. The lowest BCUT2D eigenvalue weighted by atomic mass is 10.2. The minimum Gasteiger partial charge on any atom is -0.465 e. The molecule has 2 fully saturated rings. The number of urea groups is 1. The quantitative estimate of drug-likeness (QED) is 0.760. The summed E-state index contributed by atoms with van der Waals surface area (Å²) in [6, 6.07) is 3.57. The topological polar surface area (TPSA) is 94.6 Å². The number of hydrogen-bond acceptors (Lipinski definition) is 3. The lowest BCUT2D eigenvalue weighted by Gasteiger charge is -2.15. The van der Waals surface area contributed by atoms with Crippen molar-refractivity contribution in [3.05, 3.63) is 30.1 Å². The average molecular weight is 304 g/mol. The number of rotatable bonds is 5. The van der Waals surface area contributed by atoms with Crippen LogP contribution in [0.5, 0.6) is 0 Å². The van der Waals surface area contributed by atoms with Gasteiger partial charge in [0, 0.05) is 38.6 Å². The Bertz CT molecular complexity index is 539. The molecule has 2 heterocycles. The molecule has 22 heavy (non-hydrogen) atoms. The van der Waals surface area contributed by atoms with Crippen LogP contribution >= 0.6 is 0 Å². The zero-order valence-corrected chi connectivity index (χ0v) is 12.2. The van der Waals surface area contributed by atoms with Gasteiger partial charge in [-0.2, -0.15) is 0 Å². The number of fused-ring (bicyclic) bond motifs is 1. The van der Waals surface area contributed by atoms with Crippen LogP contribution in [0, 0.1) is 17.8 Å². The summed E-state index contributed by atoms with van der Waals surface area (Å²) >= 11 is 0. The fraction of sp³-hybridized carbons (Fsp3) is 0.533. The van der Waals surface area contributed by atoms with Crippen LogP contribution in [0.15, 0.2) is 24.5 Å². The first-order valence-electron chi connectivity index (χ1n) is 7.53. The number of nitrogens with zero attached hydrogens (tertiary/aromatic N) is 2. The number of carboxylic acid groups (broad SMARTS) is 1. The highest BCUT2D eigenvalue weighted by Crippen LogP contribution is 2.53. The number of carbonyl (C=O) groups excluding carboxylic acids is 1. The Hall–Kier alpha value is -2.31. The predicted octanol–water partition coefficient (Wildman–Crippen LogP) is 1.13. The van der Waals surface area contributed by atoms with Crippen molar-refractivity contribution >= 4 is 12.1 Å². The van der Waals surface area contributed by atoms with E-state index < -0.39 is 6.09 Å². The molecule has 1 aliphatic carbocycles. The molecule has 1 aliphatic heterocycles. The maximum absolute atomic E-state index is 11.7. The van der Waals surface area contributed by atoms with E-state index in [4.69, 9.17) is 5.11 Å². The van der Waals surface area contributed by atoms with Crippen LogP contribution in [0.2, 0.25) is 0 Å². The van der Waals surface area contributed by atoms with E-state index in [2.05, 4.69) is 15.6 Å². The van der Waals surface area contributed by atoms with Crippen molar-refractivity contribution in [1.82, 2.24) is 20.5 Å². The number of pyridine rings is 1. The third-order valence-electron chi connectivity index (χ3n) is 4.58. The van der Waals surface area contributed by atoms with Gasteiger partial charge in [-0.25, -0.2) is 9.59 Å². The Kier molecular flexibility index (Phi) is 4.13. The van der Waals surface area contributed by atoms with E-state index in [1.165, 1.54) is 4.90 Å². The molecule has 1 saturated carbocycles. The fourth-order valence-electron chi connectivity index (χ4n) is 3.33. The third kappa shape index (κ3) is 3.29. The van der Waals surface area contributed by atoms with Gasteiger partial charge >= 0.3 is 12.1 Å². The normalized spacial score (nSPS) is 25.5. The second-order valence-corrected chi connectivity index (χ2v) is 5.94. The van der Waals surface area contributed by atoms with Crippen molar-refractivity contribution in [2.24, 2.45) is 17.8 Å². The van der Waals surface area contributed by atoms with E-state index in [0.29, 0.717) is 43.9 Å². The van der Waals surface area contributed by atoms with Gasteiger partial charge in [0.05, 0.1) is 0 Å². The first kappa shape index (κ1) is 14.6. The molecule has 1 saturated heterocycles. The molecule has 7 nitrogen and oxygen atoms in total. The van der Waals surface area contributed by atoms with E-state index >= 15 is 0 Å². The number of likely N-dealkylation sites (tertiary alicyclic amines) is 1. The van der Waals surface area contributed by atoms with Crippen LogP contribution < -0.4 is 10.6 Å². The molecule has 3 amide bonds. The minimum absolute atomic E-state index is 0.179. The molecule has 0 aromatic carbocycles. The van der Waals surface area contributed by atoms with Gasteiger partial charge in [-0.1, -0.05) is 6.07 Å². The molecule has 0 spiro atoms. The van der Waals surface area contributed by atoms with Gasteiger partial charge in [-0.05, 0) is 35.8 Å². The Morgan fingerprint density at radius 3 is 2.73 bits per heavy atom. The van der Waals surface area contributed by atoms with Crippen LogP contribution in [-0.2, 0) is 6.54 Å². The van der Waals surface area contributed by atoms with E-state index in [-0.39, 0.29) is 6.03 Å². The molecular weight excluding hydrogens is 284 g/mol. The van der Waals surface area contributed by atoms with Crippen LogP contribution in [0.25, 0.3) is 0 Å². The van der Waals surface area contributed by atoms with Crippen LogP contribution in [0.3, 0.4) is 0 Å². The SMILES string of the molecule is O=C(NCCC1C2CN(C(=O)O)CC12)NCc1cccnc1. The molecule has 2 aliphatic rings. The van der Waals surface area contributed by atoms with Gasteiger partial charge in [0.25, 0.3) is 0 Å². The van der Waals surface area contributed by atoms with Crippen molar-refractivity contribution in [2.75, 3.05) is 19.6 Å². The predicted molar refractivity (Wildman–Crippen MR) is 79.2 cm³/mol. The molecule has 3 N–H and O–H groups in total. The summed E-state index contributed by atoms with van der Waals surface area (Å²) in [4.78, 5) is 28.0. The lowest BCUT2D eigenvalue weighted by molar-refractivity contribution is 0.148. The Morgan fingerprint density at radius 1 is 1.32 bits per heavy atom. The van der Waals surface area contributed by atoms with E-state index in [1.54, 1.807) is 12.4 Å². The summed E-state index contributed by atoms with van der Waals surface area (Å²) < 4.78 is 0. The number of amides is 3. The van der Waals surface area contributed by atoms with Crippen LogP contribution in [0.1, 0.15) is 12.0 Å². The number of carbonyl (C=O) groups is 2. The fourth-order valence-corrected chi connectivity index (χ4v) is 3.33. The summed E-state index contributed by atoms with van der Waals surface area (Å²) in [6.07, 6.45) is 3.52. The van der Waals surface area contributed by atoms with Crippen molar-refractivity contribution in [3.63, 3.8) is 0 Å². The second kappa shape index (κ2) is 6.21. The van der Waals surface area contributed by atoms with Crippen LogP contribution in [-0.4, -0.2) is 46.7 Å². The van der Waals surface area contributed by atoms with E-state index in [9.17, 15) is 9.59 Å². The Balaban J connectivity index is 1.29. The Morgan fingerprint density at radius 2 is 2.09 bits per heavy atom. The maximum atomic E-state index is 11.7. The largest absolute Gasteiger partial charge is 0.465 e. The highest BCUT2D eigenvalue weighted by Gasteiger charge is 2.55. The Labute approximate surface area is 128 Å². The molecule has 118 valence electrons. The molecule has 1 aromatic heterocycles. The zero-order chi connectivity index (χ0) is 15.5. The van der Waals surface area contributed by atoms with Gasteiger partial charge in [0.15, 0.2) is 0 Å². The third-order valence-corrected chi connectivity index (χ3v) is 4.58. The molecule has 1 aromatic rings. The van der Waals surface area contributed by atoms with Crippen molar-refractivity contribution in [2.45, 2.75) is 13.0 Å². The highest BCUT2D eigenvalue weighted by atomic mass is 16.4. The van der Waals surface area contributed by atoms with Gasteiger partial charge in [-0.15, -0.1) is 0 Å². The number of nitrogens with one attached hydrogen (secondary N) is 2. The molecule has 2 atom stereocenters. The van der Waals surface area contributed by atoms with Crippen LogP contribution in [0.4, 0.5) is 9.59 Å². The molecular formula is C15H20N4O3. The summed E-state index contributed by atoms with van der Waals surface area (Å²) in [5, 5.41) is 14.5. The van der Waals surface area contributed by atoms with Gasteiger partial charge in [0.2, 0.25) is 0 Å². The first-order valence-corrected chi connectivity index (χ1v) is 7.53. The number of piperidine rings is 1. The van der Waals surface area contributed by atoms with Gasteiger partial charge in [0.1, 0.15) is 0 Å². The highest BCUT2D eigenvalue weighted by molar-refractivity contribution is 5.73. The van der Waals surface area contributed by atoms with E-state index in [0.717, 1.165) is 12.0 Å². The van der Waals surface area contributed by atoms with Crippen molar-refractivity contribution in [1.29, 1.82) is 0 Å². The first-order chi connectivity index (χ1) is 10.6. The van der Waals surface area contributed by atoms with Crippen molar-refractivity contribution < 1.29 is 14.7 Å². The number of hydrogen-bond donors (Lipinski definition) is 3. The molecule has 7 heteroatoms. The van der Waals surface area contributed by atoms with E-state index in [1.807, 2.05) is 12.1 Å². The second-order valence-electron chi connectivity index (χ2n) is 5.94. The average Bonchev–Trinajstić information content (AvgIpc) is 2.96. The molecule has 0 radical (unpaired) electrons.